The molecule has 1 saturated carbocycles. The van der Waals surface area contributed by atoms with Gasteiger partial charge in [0.2, 0.25) is 0 Å². The number of ether oxygens (including phenoxy) is 2. The molecule has 1 heterocycles. The highest BCUT2D eigenvalue weighted by Gasteiger charge is 2.34. The first-order valence-corrected chi connectivity index (χ1v) is 10.7. The second-order valence-electron chi connectivity index (χ2n) is 8.05. The molecule has 2 atom stereocenters. The molecule has 1 aliphatic carbocycles. The lowest BCUT2D eigenvalue weighted by Crippen LogP contribution is -2.39. The first-order chi connectivity index (χ1) is 14.5. The molecule has 0 spiro atoms. The van der Waals surface area contributed by atoms with E-state index >= 15 is 0 Å². The minimum Gasteiger partial charge on any atom is -0.486 e. The van der Waals surface area contributed by atoms with Gasteiger partial charge in [-0.05, 0) is 82.5 Å². The summed E-state index contributed by atoms with van der Waals surface area (Å²) in [5.41, 5.74) is 5.35. The van der Waals surface area contributed by atoms with Crippen LogP contribution in [-0.4, -0.2) is 18.6 Å². The molecule has 0 saturated heterocycles. The van der Waals surface area contributed by atoms with Crippen molar-refractivity contribution >= 4 is 11.7 Å². The van der Waals surface area contributed by atoms with Gasteiger partial charge in [0.15, 0.2) is 0 Å². The number of allylic oxidation sites excluding steroid dienone is 2. The number of benzene rings is 2. The fourth-order valence-corrected chi connectivity index (χ4v) is 4.34. The van der Waals surface area contributed by atoms with E-state index in [-0.39, 0.29) is 23.9 Å². The van der Waals surface area contributed by atoms with Crippen LogP contribution < -0.4 is 9.64 Å². The lowest BCUT2D eigenvalue weighted by Gasteiger charge is -2.43. The van der Waals surface area contributed by atoms with Crippen molar-refractivity contribution in [3.05, 3.63) is 70.7 Å². The van der Waals surface area contributed by atoms with Crippen LogP contribution in [0.4, 0.5) is 10.1 Å². The van der Waals surface area contributed by atoms with Crippen molar-refractivity contribution in [2.45, 2.75) is 58.6 Å². The predicted molar refractivity (Wildman–Crippen MR) is 115 cm³/mol. The van der Waals surface area contributed by atoms with Crippen molar-refractivity contribution in [1.82, 2.24) is 0 Å². The van der Waals surface area contributed by atoms with Gasteiger partial charge in [0.05, 0.1) is 12.2 Å². The monoisotopic (exact) mass is 409 g/mol. The summed E-state index contributed by atoms with van der Waals surface area (Å²) in [6, 6.07) is 12.0. The number of carbonyl (C=O) groups excluding carboxylic acids is 1. The Labute approximate surface area is 177 Å². The Morgan fingerprint density at radius 2 is 1.90 bits per heavy atom. The van der Waals surface area contributed by atoms with Crippen LogP contribution in [0.15, 0.2) is 53.7 Å². The minimum atomic E-state index is -0.333. The van der Waals surface area contributed by atoms with E-state index in [4.69, 9.17) is 9.47 Å². The van der Waals surface area contributed by atoms with Gasteiger partial charge in [-0.1, -0.05) is 5.57 Å². The molecule has 158 valence electrons. The summed E-state index contributed by atoms with van der Waals surface area (Å²) in [5.74, 6) is -0.0121. The van der Waals surface area contributed by atoms with Gasteiger partial charge in [-0.15, -0.1) is 0 Å². The van der Waals surface area contributed by atoms with Crippen molar-refractivity contribution in [2.24, 2.45) is 0 Å². The molecule has 2 aromatic rings. The van der Waals surface area contributed by atoms with Crippen LogP contribution in [0.3, 0.4) is 0 Å². The third-order valence-corrected chi connectivity index (χ3v) is 6.06. The zero-order valence-electron chi connectivity index (χ0n) is 17.8. The Kier molecular flexibility index (Phi) is 5.80. The predicted octanol–water partition coefficient (Wildman–Crippen LogP) is 6.18. The van der Waals surface area contributed by atoms with Gasteiger partial charge in [-0.25, -0.2) is 9.18 Å². The van der Waals surface area contributed by atoms with Gasteiger partial charge < -0.3 is 14.4 Å². The first-order valence-electron chi connectivity index (χ1n) is 10.7. The van der Waals surface area contributed by atoms with Crippen molar-refractivity contribution in [3.63, 3.8) is 0 Å². The Bertz CT molecular complexity index is 961. The number of anilines is 1. The third kappa shape index (κ3) is 3.93. The van der Waals surface area contributed by atoms with E-state index in [1.807, 2.05) is 18.2 Å². The maximum atomic E-state index is 13.3. The van der Waals surface area contributed by atoms with E-state index in [1.165, 1.54) is 29.8 Å². The lowest BCUT2D eigenvalue weighted by molar-refractivity contribution is 0.0526. The van der Waals surface area contributed by atoms with Crippen LogP contribution in [-0.2, 0) is 4.74 Å². The number of fused-ring (bicyclic) bond motifs is 1. The Morgan fingerprint density at radius 3 is 2.53 bits per heavy atom. The molecule has 4 rings (SSSR count). The smallest absolute Gasteiger partial charge is 0.338 e. The van der Waals surface area contributed by atoms with E-state index in [1.54, 1.807) is 19.1 Å². The highest BCUT2D eigenvalue weighted by atomic mass is 19.1. The van der Waals surface area contributed by atoms with Crippen LogP contribution in [0.2, 0.25) is 0 Å². The van der Waals surface area contributed by atoms with Crippen LogP contribution in [0.1, 0.15) is 68.5 Å². The average Bonchev–Trinajstić information content (AvgIpc) is 2.68. The molecule has 2 unspecified atom stereocenters. The molecule has 0 aromatic heterocycles. The average molecular weight is 410 g/mol. The standard InChI is InChI=1S/C25H28FNO3/c1-4-29-25(28)19-8-13-23-22(15-19)24(30-21-11-9-20(26)10-12-21)14-16(2)27(23)17(3)18-6-5-7-18/h8-13,15-16,24H,4-7,14H2,1-3H3. The van der Waals surface area contributed by atoms with Gasteiger partial charge in [0, 0.05) is 29.4 Å². The number of nitrogens with zero attached hydrogens (tertiary/aromatic N) is 1. The van der Waals surface area contributed by atoms with Gasteiger partial charge in [0.25, 0.3) is 0 Å². The zero-order valence-corrected chi connectivity index (χ0v) is 17.8. The molecule has 0 bridgehead atoms. The fraction of sp³-hybridized carbons (Fsp3) is 0.400. The number of esters is 1. The summed E-state index contributed by atoms with van der Waals surface area (Å²) in [6.07, 6.45) is 4.09. The van der Waals surface area contributed by atoms with Crippen LogP contribution in [0, 0.1) is 5.82 Å². The Balaban J connectivity index is 1.74. The second kappa shape index (κ2) is 8.50. The van der Waals surface area contributed by atoms with E-state index in [2.05, 4.69) is 18.7 Å². The van der Waals surface area contributed by atoms with Crippen LogP contribution >= 0.6 is 0 Å². The molecular weight excluding hydrogens is 381 g/mol. The summed E-state index contributed by atoms with van der Waals surface area (Å²) in [4.78, 5) is 14.7. The maximum Gasteiger partial charge on any atom is 0.338 e. The van der Waals surface area contributed by atoms with E-state index in [0.29, 0.717) is 17.9 Å². The molecule has 2 aliphatic rings. The number of hydrogen-bond acceptors (Lipinski definition) is 4. The Morgan fingerprint density at radius 1 is 1.17 bits per heavy atom. The molecule has 30 heavy (non-hydrogen) atoms. The van der Waals surface area contributed by atoms with Crippen LogP contribution in [0.5, 0.6) is 5.75 Å². The molecule has 5 heteroatoms. The second-order valence-corrected chi connectivity index (χ2v) is 8.05. The highest BCUT2D eigenvalue weighted by Crippen LogP contribution is 2.44. The maximum absolute atomic E-state index is 13.3. The molecular formula is C25H28FNO3. The van der Waals surface area contributed by atoms with Gasteiger partial charge in [0.1, 0.15) is 17.7 Å². The molecule has 1 fully saturated rings. The third-order valence-electron chi connectivity index (χ3n) is 6.06. The van der Waals surface area contributed by atoms with Gasteiger partial charge >= 0.3 is 5.97 Å². The largest absolute Gasteiger partial charge is 0.486 e. The van der Waals surface area contributed by atoms with E-state index < -0.39 is 0 Å². The van der Waals surface area contributed by atoms with E-state index in [0.717, 1.165) is 30.5 Å². The zero-order chi connectivity index (χ0) is 21.3. The summed E-state index contributed by atoms with van der Waals surface area (Å²) in [5, 5.41) is 0. The van der Waals surface area contributed by atoms with E-state index in [9.17, 15) is 9.18 Å². The Hall–Kier alpha value is -2.82. The summed E-state index contributed by atoms with van der Waals surface area (Å²) < 4.78 is 24.8. The number of hydrogen-bond donors (Lipinski definition) is 0. The highest BCUT2D eigenvalue weighted by molar-refractivity contribution is 5.90. The normalized spacial score (nSPS) is 20.3. The molecule has 0 radical (unpaired) electrons. The first kappa shape index (κ1) is 20.5. The van der Waals surface area contributed by atoms with Crippen LogP contribution in [0.25, 0.3) is 0 Å². The quantitative estimate of drug-likeness (QED) is 0.553. The topological polar surface area (TPSA) is 38.8 Å². The molecule has 0 N–H and O–H groups in total. The molecule has 1 aliphatic heterocycles. The number of carbonyl (C=O) groups is 1. The summed E-state index contributed by atoms with van der Waals surface area (Å²) >= 11 is 0. The summed E-state index contributed by atoms with van der Waals surface area (Å²) in [7, 11) is 0. The van der Waals surface area contributed by atoms with Gasteiger partial charge in [-0.3, -0.25) is 0 Å². The molecule has 4 nitrogen and oxygen atoms in total. The van der Waals surface area contributed by atoms with Crippen molar-refractivity contribution < 1.29 is 18.7 Å². The van der Waals surface area contributed by atoms with Crippen molar-refractivity contribution in [1.29, 1.82) is 0 Å². The van der Waals surface area contributed by atoms with Gasteiger partial charge in [-0.2, -0.15) is 0 Å². The molecule has 2 aromatic carbocycles. The lowest BCUT2D eigenvalue weighted by atomic mass is 9.87. The van der Waals surface area contributed by atoms with Crippen molar-refractivity contribution in [3.8, 4) is 5.75 Å². The number of rotatable bonds is 5. The minimum absolute atomic E-state index is 0.231. The molecule has 0 amide bonds. The fourth-order valence-electron chi connectivity index (χ4n) is 4.34. The summed E-state index contributed by atoms with van der Waals surface area (Å²) in [6.45, 7) is 6.52. The number of halogens is 1. The SMILES string of the molecule is CCOC(=O)c1ccc2c(c1)C(Oc1ccc(F)cc1)CC(C)N2C(C)=C1CCC1. The van der Waals surface area contributed by atoms with Crippen molar-refractivity contribution in [2.75, 3.05) is 11.5 Å².